The molecule has 0 bridgehead atoms. The molecule has 1 unspecified atom stereocenters. The van der Waals surface area contributed by atoms with Gasteiger partial charge in [0.25, 0.3) is 0 Å². The average Bonchev–Trinajstić information content (AvgIpc) is 2.62. The number of carbonyl (C=O) groups is 1. The minimum absolute atomic E-state index is 0.116. The van der Waals surface area contributed by atoms with Crippen LogP contribution >= 0.6 is 11.6 Å². The van der Waals surface area contributed by atoms with Crippen LogP contribution in [0.5, 0.6) is 0 Å². The van der Waals surface area contributed by atoms with E-state index in [1.54, 1.807) is 4.90 Å². The van der Waals surface area contributed by atoms with Gasteiger partial charge in [-0.05, 0) is 48.2 Å². The number of benzene rings is 2. The van der Waals surface area contributed by atoms with E-state index in [0.717, 1.165) is 22.0 Å². The highest BCUT2D eigenvalue weighted by Crippen LogP contribution is 2.34. The van der Waals surface area contributed by atoms with Crippen molar-refractivity contribution in [3.8, 4) is 0 Å². The van der Waals surface area contributed by atoms with Crippen molar-refractivity contribution in [2.75, 3.05) is 25.0 Å². The zero-order chi connectivity index (χ0) is 18.9. The average molecular weight is 393 g/mol. The first kappa shape index (κ1) is 18.9. The Balaban J connectivity index is 1.80. The number of halogens is 1. The molecule has 0 spiro atoms. The number of amides is 1. The third-order valence-corrected chi connectivity index (χ3v) is 6.79. The van der Waals surface area contributed by atoms with Gasteiger partial charge in [-0.1, -0.05) is 36.7 Å². The largest absolute Gasteiger partial charge is 0.311 e. The molecule has 0 aromatic heterocycles. The molecule has 26 heavy (non-hydrogen) atoms. The number of rotatable bonds is 4. The predicted molar refractivity (Wildman–Crippen MR) is 103 cm³/mol. The first-order valence-electron chi connectivity index (χ1n) is 8.42. The highest BCUT2D eigenvalue weighted by Gasteiger charge is 2.29. The number of anilines is 1. The lowest BCUT2D eigenvalue weighted by Crippen LogP contribution is -2.43. The highest BCUT2D eigenvalue weighted by atomic mass is 35.5. The third-order valence-electron chi connectivity index (χ3n) is 4.72. The van der Waals surface area contributed by atoms with E-state index >= 15 is 0 Å². The van der Waals surface area contributed by atoms with Crippen molar-refractivity contribution in [2.45, 2.75) is 24.2 Å². The maximum Gasteiger partial charge on any atom is 0.243 e. The molecule has 0 fully saturated rings. The molecule has 0 aliphatic carbocycles. The Bertz CT molecular complexity index is 913. The summed E-state index contributed by atoms with van der Waals surface area (Å²) in [6, 6.07) is 13.7. The van der Waals surface area contributed by atoms with E-state index < -0.39 is 10.0 Å². The molecular formula is C19H21ClN2O3S. The Morgan fingerprint density at radius 3 is 2.54 bits per heavy atom. The maximum absolute atomic E-state index is 12.8. The third kappa shape index (κ3) is 3.63. The quantitative estimate of drug-likeness (QED) is 0.800. The number of hydrogen-bond acceptors (Lipinski definition) is 3. The maximum atomic E-state index is 12.8. The summed E-state index contributed by atoms with van der Waals surface area (Å²) >= 11 is 5.82. The molecule has 1 heterocycles. The van der Waals surface area contributed by atoms with E-state index in [2.05, 4.69) is 6.92 Å². The lowest BCUT2D eigenvalue weighted by atomic mass is 9.91. The Hall–Kier alpha value is -1.89. The van der Waals surface area contributed by atoms with Crippen LogP contribution in [0.15, 0.2) is 53.4 Å². The molecular weight excluding hydrogens is 372 g/mol. The molecule has 2 aromatic carbocycles. The van der Waals surface area contributed by atoms with E-state index in [1.165, 1.54) is 31.3 Å². The molecule has 0 saturated heterocycles. The number of fused-ring (bicyclic) bond motifs is 1. The Kier molecular flexibility index (Phi) is 5.37. The van der Waals surface area contributed by atoms with E-state index in [0.29, 0.717) is 17.5 Å². The smallest absolute Gasteiger partial charge is 0.243 e. The van der Waals surface area contributed by atoms with Gasteiger partial charge in [-0.2, -0.15) is 4.31 Å². The van der Waals surface area contributed by atoms with Gasteiger partial charge in [0.2, 0.25) is 15.9 Å². The fourth-order valence-corrected chi connectivity index (χ4v) is 4.40. The van der Waals surface area contributed by atoms with E-state index in [-0.39, 0.29) is 17.3 Å². The summed E-state index contributed by atoms with van der Waals surface area (Å²) in [5, 5.41) is 0.460. The fraction of sp³-hybridized carbons (Fsp3) is 0.316. The lowest BCUT2D eigenvalue weighted by molar-refractivity contribution is -0.118. The van der Waals surface area contributed by atoms with Crippen LogP contribution in [0.1, 0.15) is 24.8 Å². The van der Waals surface area contributed by atoms with Crippen LogP contribution < -0.4 is 4.90 Å². The zero-order valence-corrected chi connectivity index (χ0v) is 16.3. The molecule has 2 aromatic rings. The van der Waals surface area contributed by atoms with Gasteiger partial charge in [0.1, 0.15) is 0 Å². The van der Waals surface area contributed by atoms with Crippen molar-refractivity contribution in [1.82, 2.24) is 4.31 Å². The number of nitrogens with zero attached hydrogens (tertiary/aromatic N) is 2. The van der Waals surface area contributed by atoms with Gasteiger partial charge < -0.3 is 4.90 Å². The Labute approximate surface area is 159 Å². The SMILES string of the molecule is CC1CCN(C(=O)CN(C)S(=O)(=O)c2ccc(Cl)cc2)c2ccccc21. The van der Waals surface area contributed by atoms with E-state index in [1.807, 2.05) is 24.3 Å². The van der Waals surface area contributed by atoms with Crippen molar-refractivity contribution in [3.05, 3.63) is 59.1 Å². The van der Waals surface area contributed by atoms with Gasteiger partial charge in [0.05, 0.1) is 11.4 Å². The van der Waals surface area contributed by atoms with Crippen molar-refractivity contribution in [3.63, 3.8) is 0 Å². The molecule has 3 rings (SSSR count). The molecule has 1 atom stereocenters. The van der Waals surface area contributed by atoms with Crippen molar-refractivity contribution in [2.24, 2.45) is 0 Å². The number of hydrogen-bond donors (Lipinski definition) is 0. The van der Waals surface area contributed by atoms with Gasteiger partial charge in [0, 0.05) is 24.3 Å². The summed E-state index contributed by atoms with van der Waals surface area (Å²) in [6.07, 6.45) is 0.858. The van der Waals surface area contributed by atoms with Crippen LogP contribution in [0.25, 0.3) is 0 Å². The van der Waals surface area contributed by atoms with Gasteiger partial charge in [-0.25, -0.2) is 8.42 Å². The van der Waals surface area contributed by atoms with Gasteiger partial charge >= 0.3 is 0 Å². The van der Waals surface area contributed by atoms with Crippen LogP contribution in [0.2, 0.25) is 5.02 Å². The Morgan fingerprint density at radius 1 is 1.19 bits per heavy atom. The molecule has 1 aliphatic rings. The van der Waals surface area contributed by atoms with Crippen LogP contribution in [0.3, 0.4) is 0 Å². The molecule has 0 saturated carbocycles. The summed E-state index contributed by atoms with van der Waals surface area (Å²) in [5.41, 5.74) is 1.99. The number of likely N-dealkylation sites (N-methyl/N-ethyl adjacent to an activating group) is 1. The molecule has 0 N–H and O–H groups in total. The van der Waals surface area contributed by atoms with Crippen LogP contribution in [-0.4, -0.2) is 38.8 Å². The molecule has 7 heteroatoms. The summed E-state index contributed by atoms with van der Waals surface area (Å²) in [4.78, 5) is 14.6. The summed E-state index contributed by atoms with van der Waals surface area (Å²) in [5.74, 6) is 0.148. The van der Waals surface area contributed by atoms with Crippen LogP contribution in [-0.2, 0) is 14.8 Å². The summed E-state index contributed by atoms with van der Waals surface area (Å²) in [7, 11) is -2.33. The normalized spacial score (nSPS) is 17.2. The van der Waals surface area contributed by atoms with E-state index in [9.17, 15) is 13.2 Å². The zero-order valence-electron chi connectivity index (χ0n) is 14.7. The van der Waals surface area contributed by atoms with E-state index in [4.69, 9.17) is 11.6 Å². The first-order valence-corrected chi connectivity index (χ1v) is 10.2. The number of para-hydroxylation sites is 1. The standard InChI is InChI=1S/C19H21ClN2O3S/c1-14-11-12-22(18-6-4-3-5-17(14)18)19(23)13-21(2)26(24,25)16-9-7-15(20)8-10-16/h3-10,14H,11-13H2,1-2H3. The predicted octanol–water partition coefficient (Wildman–Crippen LogP) is 3.50. The fourth-order valence-electron chi connectivity index (χ4n) is 3.16. The van der Waals surface area contributed by atoms with Crippen molar-refractivity contribution >= 4 is 33.2 Å². The lowest BCUT2D eigenvalue weighted by Gasteiger charge is -2.33. The molecule has 138 valence electrons. The van der Waals surface area contributed by atoms with Crippen molar-refractivity contribution < 1.29 is 13.2 Å². The van der Waals surface area contributed by atoms with Crippen LogP contribution in [0.4, 0.5) is 5.69 Å². The molecule has 5 nitrogen and oxygen atoms in total. The first-order chi connectivity index (χ1) is 12.3. The number of sulfonamides is 1. The Morgan fingerprint density at radius 2 is 1.85 bits per heavy atom. The minimum Gasteiger partial charge on any atom is -0.311 e. The van der Waals surface area contributed by atoms with Crippen LogP contribution in [0, 0.1) is 0 Å². The second-order valence-electron chi connectivity index (χ2n) is 6.51. The second-order valence-corrected chi connectivity index (χ2v) is 8.99. The minimum atomic E-state index is -3.75. The second kappa shape index (κ2) is 7.39. The van der Waals surface area contributed by atoms with Gasteiger partial charge in [0.15, 0.2) is 0 Å². The monoisotopic (exact) mass is 392 g/mol. The highest BCUT2D eigenvalue weighted by molar-refractivity contribution is 7.89. The van der Waals surface area contributed by atoms with Gasteiger partial charge in [-0.15, -0.1) is 0 Å². The summed E-state index contributed by atoms with van der Waals surface area (Å²) in [6.45, 7) is 2.51. The summed E-state index contributed by atoms with van der Waals surface area (Å²) < 4.78 is 26.4. The molecule has 1 aliphatic heterocycles. The van der Waals surface area contributed by atoms with Gasteiger partial charge in [-0.3, -0.25) is 4.79 Å². The number of carbonyl (C=O) groups excluding carboxylic acids is 1. The molecule has 1 amide bonds. The molecule has 0 radical (unpaired) electrons. The topological polar surface area (TPSA) is 57.7 Å². The van der Waals surface area contributed by atoms with Crippen molar-refractivity contribution in [1.29, 1.82) is 0 Å².